The summed E-state index contributed by atoms with van der Waals surface area (Å²) in [5.74, 6) is 0.163. The molecule has 4 atom stereocenters. The summed E-state index contributed by atoms with van der Waals surface area (Å²) < 4.78 is 11.8. The second-order valence-electron chi connectivity index (χ2n) is 8.23. The van der Waals surface area contributed by atoms with E-state index in [1.807, 2.05) is 17.0 Å². The van der Waals surface area contributed by atoms with Crippen molar-refractivity contribution in [3.8, 4) is 0 Å². The van der Waals surface area contributed by atoms with E-state index in [9.17, 15) is 14.7 Å². The van der Waals surface area contributed by atoms with Gasteiger partial charge in [-0.3, -0.25) is 14.6 Å². The molecule has 1 aliphatic carbocycles. The number of carbonyl (C=O) groups is 2. The van der Waals surface area contributed by atoms with Crippen LogP contribution in [0.25, 0.3) is 0 Å². The van der Waals surface area contributed by atoms with Crippen molar-refractivity contribution in [3.63, 3.8) is 0 Å². The topological polar surface area (TPSA) is 101 Å². The summed E-state index contributed by atoms with van der Waals surface area (Å²) in [4.78, 5) is 30.9. The molecular formula is C21H29N3O5. The van der Waals surface area contributed by atoms with Crippen molar-refractivity contribution >= 4 is 11.8 Å². The fourth-order valence-corrected chi connectivity index (χ4v) is 4.14. The van der Waals surface area contributed by atoms with Crippen LogP contribution in [0.5, 0.6) is 0 Å². The minimum absolute atomic E-state index is 0.0571. The first-order valence-electron chi connectivity index (χ1n) is 10.5. The normalized spacial score (nSPS) is 30.0. The van der Waals surface area contributed by atoms with Gasteiger partial charge in [-0.25, -0.2) is 0 Å². The summed E-state index contributed by atoms with van der Waals surface area (Å²) in [6.45, 7) is 1.27. The minimum Gasteiger partial charge on any atom is -0.389 e. The number of pyridine rings is 1. The van der Waals surface area contributed by atoms with Crippen molar-refractivity contribution in [2.24, 2.45) is 5.92 Å². The fraction of sp³-hybridized carbons (Fsp3) is 0.667. The molecule has 8 nitrogen and oxygen atoms in total. The van der Waals surface area contributed by atoms with E-state index in [-0.39, 0.29) is 55.6 Å². The molecule has 3 fully saturated rings. The van der Waals surface area contributed by atoms with E-state index >= 15 is 0 Å². The standard InChI is InChI=1S/C21H29N3O5/c25-16-11-24(21(27)15-1-2-15)18-4-3-17(29-19(18)13-28-12-16)9-20(26)23-10-14-5-7-22-8-6-14/h5-8,15-19,25H,1-4,9-13H2,(H,23,26)/t16-,17+,18+,19-/m1/s1. The van der Waals surface area contributed by atoms with Crippen LogP contribution in [0.1, 0.15) is 37.7 Å². The highest BCUT2D eigenvalue weighted by Gasteiger charge is 2.43. The molecular weight excluding hydrogens is 374 g/mol. The minimum atomic E-state index is -0.671. The van der Waals surface area contributed by atoms with E-state index in [2.05, 4.69) is 10.3 Å². The summed E-state index contributed by atoms with van der Waals surface area (Å²) in [5, 5.41) is 13.1. The van der Waals surface area contributed by atoms with Gasteiger partial charge in [0, 0.05) is 31.4 Å². The monoisotopic (exact) mass is 403 g/mol. The highest BCUT2D eigenvalue weighted by Crippen LogP contribution is 2.35. The van der Waals surface area contributed by atoms with Crippen molar-refractivity contribution in [1.82, 2.24) is 15.2 Å². The largest absolute Gasteiger partial charge is 0.389 e. The van der Waals surface area contributed by atoms with E-state index in [1.54, 1.807) is 12.4 Å². The first-order valence-corrected chi connectivity index (χ1v) is 10.5. The maximum absolute atomic E-state index is 12.8. The van der Waals surface area contributed by atoms with Gasteiger partial charge < -0.3 is 24.8 Å². The highest BCUT2D eigenvalue weighted by molar-refractivity contribution is 5.81. The molecule has 0 aromatic carbocycles. The van der Waals surface area contributed by atoms with Gasteiger partial charge in [-0.15, -0.1) is 0 Å². The van der Waals surface area contributed by atoms with Gasteiger partial charge in [0.15, 0.2) is 0 Å². The lowest BCUT2D eigenvalue weighted by molar-refractivity contribution is -0.170. The van der Waals surface area contributed by atoms with Gasteiger partial charge in [-0.1, -0.05) is 0 Å². The van der Waals surface area contributed by atoms with Crippen molar-refractivity contribution in [3.05, 3.63) is 30.1 Å². The Morgan fingerprint density at radius 3 is 2.72 bits per heavy atom. The number of amides is 2. The lowest BCUT2D eigenvalue weighted by Gasteiger charge is -2.44. The van der Waals surface area contributed by atoms with Crippen LogP contribution in [0.15, 0.2) is 24.5 Å². The summed E-state index contributed by atoms with van der Waals surface area (Å²) >= 11 is 0. The molecule has 0 radical (unpaired) electrons. The molecule has 2 aliphatic heterocycles. The van der Waals surface area contributed by atoms with Crippen LogP contribution in [0.2, 0.25) is 0 Å². The molecule has 8 heteroatoms. The van der Waals surface area contributed by atoms with Gasteiger partial charge in [0.05, 0.1) is 37.9 Å². The molecule has 3 heterocycles. The Labute approximate surface area is 170 Å². The number of hydrogen-bond acceptors (Lipinski definition) is 6. The lowest BCUT2D eigenvalue weighted by atomic mass is 9.94. The average molecular weight is 403 g/mol. The summed E-state index contributed by atoms with van der Waals surface area (Å²) in [5.41, 5.74) is 0.999. The predicted octanol–water partition coefficient (Wildman–Crippen LogP) is 0.634. The van der Waals surface area contributed by atoms with Gasteiger partial charge in [-0.05, 0) is 43.4 Å². The fourth-order valence-electron chi connectivity index (χ4n) is 4.14. The molecule has 1 aromatic rings. The Kier molecular flexibility index (Phi) is 6.42. The zero-order chi connectivity index (χ0) is 20.2. The number of aliphatic hydroxyl groups excluding tert-OH is 1. The zero-order valence-corrected chi connectivity index (χ0v) is 16.5. The number of aromatic nitrogens is 1. The van der Waals surface area contributed by atoms with Crippen LogP contribution in [-0.2, 0) is 25.6 Å². The van der Waals surface area contributed by atoms with Crippen molar-refractivity contribution in [2.75, 3.05) is 19.8 Å². The maximum atomic E-state index is 12.8. The first-order chi connectivity index (χ1) is 14.1. The third-order valence-electron chi connectivity index (χ3n) is 5.84. The smallest absolute Gasteiger partial charge is 0.226 e. The molecule has 3 aliphatic rings. The van der Waals surface area contributed by atoms with E-state index in [0.717, 1.165) is 24.8 Å². The Balaban J connectivity index is 1.32. The van der Waals surface area contributed by atoms with Crippen LogP contribution in [0.3, 0.4) is 0 Å². The van der Waals surface area contributed by atoms with Crippen molar-refractivity contribution in [1.29, 1.82) is 0 Å². The van der Waals surface area contributed by atoms with Gasteiger partial charge in [0.1, 0.15) is 6.10 Å². The van der Waals surface area contributed by atoms with Crippen LogP contribution < -0.4 is 5.32 Å². The molecule has 0 spiro atoms. The molecule has 158 valence electrons. The summed E-state index contributed by atoms with van der Waals surface area (Å²) in [7, 11) is 0. The molecule has 1 aromatic heterocycles. The van der Waals surface area contributed by atoms with Gasteiger partial charge >= 0.3 is 0 Å². The van der Waals surface area contributed by atoms with Gasteiger partial charge in [-0.2, -0.15) is 0 Å². The number of nitrogens with one attached hydrogen (secondary N) is 1. The van der Waals surface area contributed by atoms with Crippen LogP contribution in [0, 0.1) is 5.92 Å². The van der Waals surface area contributed by atoms with E-state index < -0.39 is 6.10 Å². The van der Waals surface area contributed by atoms with Crippen LogP contribution in [0.4, 0.5) is 0 Å². The first kappa shape index (κ1) is 20.3. The Hall–Kier alpha value is -2.03. The van der Waals surface area contributed by atoms with E-state index in [1.165, 1.54) is 0 Å². The SMILES string of the molecule is O=C(C[C@@H]1CC[C@H]2[C@@H](COC[C@H](O)CN2C(=O)C2CC2)O1)NCc1ccncc1. The van der Waals surface area contributed by atoms with Crippen LogP contribution in [-0.4, -0.2) is 70.9 Å². The van der Waals surface area contributed by atoms with Crippen LogP contribution >= 0.6 is 0 Å². The number of rotatable bonds is 5. The molecule has 0 bridgehead atoms. The summed E-state index contributed by atoms with van der Waals surface area (Å²) in [6, 6.07) is 3.63. The third-order valence-corrected chi connectivity index (χ3v) is 5.84. The summed E-state index contributed by atoms with van der Waals surface area (Å²) in [6.07, 6.45) is 5.87. The zero-order valence-electron chi connectivity index (χ0n) is 16.5. The maximum Gasteiger partial charge on any atom is 0.226 e. The molecule has 1 saturated carbocycles. The number of hydrogen-bond donors (Lipinski definition) is 2. The van der Waals surface area contributed by atoms with E-state index in [0.29, 0.717) is 19.6 Å². The highest BCUT2D eigenvalue weighted by atomic mass is 16.5. The number of ether oxygens (including phenoxy) is 2. The second-order valence-corrected chi connectivity index (χ2v) is 8.23. The number of β-amino-alcohol motifs (C(OH)–C–C–N with tert-alkyl or cyclic N) is 1. The third kappa shape index (κ3) is 5.32. The molecule has 4 rings (SSSR count). The molecule has 0 unspecified atom stereocenters. The number of fused-ring (bicyclic) bond motifs is 1. The number of carbonyl (C=O) groups excluding carboxylic acids is 2. The Morgan fingerprint density at radius 1 is 1.17 bits per heavy atom. The number of nitrogens with zero attached hydrogens (tertiary/aromatic N) is 2. The van der Waals surface area contributed by atoms with Crippen molar-refractivity contribution in [2.45, 2.75) is 63.0 Å². The molecule has 29 heavy (non-hydrogen) atoms. The predicted molar refractivity (Wildman–Crippen MR) is 104 cm³/mol. The lowest BCUT2D eigenvalue weighted by Crippen LogP contribution is -2.57. The molecule has 2 amide bonds. The van der Waals surface area contributed by atoms with Crippen molar-refractivity contribution < 1.29 is 24.2 Å². The van der Waals surface area contributed by atoms with Gasteiger partial charge in [0.25, 0.3) is 0 Å². The molecule has 2 saturated heterocycles. The number of aliphatic hydroxyl groups is 1. The Morgan fingerprint density at radius 2 is 1.97 bits per heavy atom. The Bertz CT molecular complexity index is 712. The quantitative estimate of drug-likeness (QED) is 0.748. The average Bonchev–Trinajstić information content (AvgIpc) is 3.55. The molecule has 2 N–H and O–H groups in total. The van der Waals surface area contributed by atoms with E-state index in [4.69, 9.17) is 9.47 Å². The van der Waals surface area contributed by atoms with Gasteiger partial charge in [0.2, 0.25) is 11.8 Å². The second kappa shape index (κ2) is 9.19.